The Morgan fingerprint density at radius 2 is 1.70 bits per heavy atom. The Hall–Kier alpha value is -0.860. The van der Waals surface area contributed by atoms with E-state index in [4.69, 9.17) is 9.73 Å². The van der Waals surface area contributed by atoms with Gasteiger partial charge in [0.1, 0.15) is 0 Å². The predicted octanol–water partition coefficient (Wildman–Crippen LogP) is 3.87. The largest absolute Gasteiger partial charge is 0.378 e. The molecule has 0 spiro atoms. The molecule has 0 aliphatic rings. The van der Waals surface area contributed by atoms with Crippen LogP contribution in [0.5, 0.6) is 0 Å². The fourth-order valence-electron chi connectivity index (χ4n) is 2.78. The topological polar surface area (TPSA) is 48.9 Å². The van der Waals surface area contributed by atoms with Crippen molar-refractivity contribution in [2.24, 2.45) is 10.9 Å². The molecule has 0 fully saturated rings. The van der Waals surface area contributed by atoms with Gasteiger partial charge in [0.05, 0.1) is 12.6 Å². The Bertz CT molecular complexity index is 517. The smallest absolute Gasteiger partial charge is 0.191 e. The summed E-state index contributed by atoms with van der Waals surface area (Å²) in [5.74, 6) is 1.39. The number of halogens is 1. The summed E-state index contributed by atoms with van der Waals surface area (Å²) >= 11 is 0. The monoisotopic (exact) mass is 490 g/mol. The normalized spacial score (nSPS) is 12.8. The van der Waals surface area contributed by atoms with Crippen LogP contribution in [0.15, 0.2) is 29.3 Å². The van der Waals surface area contributed by atoms with E-state index < -0.39 is 0 Å². The van der Waals surface area contributed by atoms with E-state index in [9.17, 15) is 0 Å². The highest BCUT2D eigenvalue weighted by atomic mass is 127. The Labute approximate surface area is 183 Å². The standard InChI is InChI=1S/C21H38N4O.HI/c1-7-22-21(23-14-13-20(17(3)4)26-8-2)24-15-18-9-11-19(12-10-18)16-25(5)6;/h9-12,17,20H,7-8,13-16H2,1-6H3,(H2,22,23,24);1H. The fourth-order valence-corrected chi connectivity index (χ4v) is 2.78. The second kappa shape index (κ2) is 15.1. The van der Waals surface area contributed by atoms with Gasteiger partial charge in [-0.05, 0) is 51.4 Å². The van der Waals surface area contributed by atoms with E-state index in [0.29, 0.717) is 18.6 Å². The number of ether oxygens (including phenoxy) is 1. The minimum absolute atomic E-state index is 0. The average molecular weight is 490 g/mol. The van der Waals surface area contributed by atoms with Gasteiger partial charge >= 0.3 is 0 Å². The number of benzene rings is 1. The van der Waals surface area contributed by atoms with Crippen LogP contribution in [0, 0.1) is 5.92 Å². The maximum atomic E-state index is 5.81. The zero-order valence-electron chi connectivity index (χ0n) is 17.9. The molecular weight excluding hydrogens is 451 g/mol. The summed E-state index contributed by atoms with van der Waals surface area (Å²) < 4.78 is 5.81. The molecule has 0 amide bonds. The summed E-state index contributed by atoms with van der Waals surface area (Å²) in [5.41, 5.74) is 2.54. The van der Waals surface area contributed by atoms with Crippen LogP contribution >= 0.6 is 24.0 Å². The van der Waals surface area contributed by atoms with E-state index in [0.717, 1.165) is 38.6 Å². The van der Waals surface area contributed by atoms with Crippen molar-refractivity contribution in [1.29, 1.82) is 0 Å². The van der Waals surface area contributed by atoms with Gasteiger partial charge in [-0.15, -0.1) is 24.0 Å². The third-order valence-electron chi connectivity index (χ3n) is 4.13. The van der Waals surface area contributed by atoms with Gasteiger partial charge in [-0.2, -0.15) is 0 Å². The van der Waals surface area contributed by atoms with Crippen LogP contribution < -0.4 is 10.6 Å². The van der Waals surface area contributed by atoms with E-state index in [2.05, 4.69) is 81.6 Å². The van der Waals surface area contributed by atoms with E-state index in [-0.39, 0.29) is 24.0 Å². The number of nitrogens with one attached hydrogen (secondary N) is 2. The number of aliphatic imine (C=N–C) groups is 1. The number of guanidine groups is 1. The molecule has 0 bridgehead atoms. The van der Waals surface area contributed by atoms with Gasteiger partial charge in [0.25, 0.3) is 0 Å². The lowest BCUT2D eigenvalue weighted by Gasteiger charge is -2.21. The predicted molar refractivity (Wildman–Crippen MR) is 127 cm³/mol. The molecule has 27 heavy (non-hydrogen) atoms. The highest BCUT2D eigenvalue weighted by Gasteiger charge is 2.12. The van der Waals surface area contributed by atoms with E-state index >= 15 is 0 Å². The Kier molecular flexibility index (Phi) is 14.6. The molecule has 1 aromatic rings. The van der Waals surface area contributed by atoms with E-state index in [1.165, 1.54) is 11.1 Å². The molecule has 0 saturated heterocycles. The molecule has 2 N–H and O–H groups in total. The second-order valence-corrected chi connectivity index (χ2v) is 7.20. The first kappa shape index (κ1) is 26.1. The van der Waals surface area contributed by atoms with Crippen molar-refractivity contribution < 1.29 is 4.74 Å². The van der Waals surface area contributed by atoms with E-state index in [1.807, 2.05) is 0 Å². The Balaban J connectivity index is 0.00000676. The zero-order valence-corrected chi connectivity index (χ0v) is 20.2. The van der Waals surface area contributed by atoms with Gasteiger partial charge in [-0.25, -0.2) is 4.99 Å². The highest BCUT2D eigenvalue weighted by molar-refractivity contribution is 14.0. The molecular formula is C21H39IN4O. The van der Waals surface area contributed by atoms with Gasteiger partial charge in [0.15, 0.2) is 5.96 Å². The molecule has 1 aromatic carbocycles. The third-order valence-corrected chi connectivity index (χ3v) is 4.13. The first-order valence-corrected chi connectivity index (χ1v) is 9.82. The van der Waals surface area contributed by atoms with Crippen molar-refractivity contribution >= 4 is 29.9 Å². The van der Waals surface area contributed by atoms with Crippen LogP contribution in [0.3, 0.4) is 0 Å². The Morgan fingerprint density at radius 1 is 1.07 bits per heavy atom. The molecule has 0 heterocycles. The minimum atomic E-state index is 0. The first-order valence-electron chi connectivity index (χ1n) is 9.82. The number of hydrogen-bond acceptors (Lipinski definition) is 3. The van der Waals surface area contributed by atoms with Gasteiger partial charge in [-0.1, -0.05) is 38.1 Å². The van der Waals surface area contributed by atoms with Crippen molar-refractivity contribution in [2.75, 3.05) is 33.8 Å². The van der Waals surface area contributed by atoms with Crippen molar-refractivity contribution in [3.63, 3.8) is 0 Å². The fraction of sp³-hybridized carbons (Fsp3) is 0.667. The van der Waals surface area contributed by atoms with Gasteiger partial charge < -0.3 is 20.3 Å². The van der Waals surface area contributed by atoms with Gasteiger partial charge in [0.2, 0.25) is 0 Å². The molecule has 0 aromatic heterocycles. The lowest BCUT2D eigenvalue weighted by Crippen LogP contribution is -2.39. The van der Waals surface area contributed by atoms with Crippen molar-refractivity contribution in [3.8, 4) is 0 Å². The summed E-state index contributed by atoms with van der Waals surface area (Å²) in [6.45, 7) is 12.7. The average Bonchev–Trinajstić information content (AvgIpc) is 2.59. The highest BCUT2D eigenvalue weighted by Crippen LogP contribution is 2.10. The number of nitrogens with zero attached hydrogens (tertiary/aromatic N) is 2. The molecule has 5 nitrogen and oxygen atoms in total. The Morgan fingerprint density at radius 3 is 2.22 bits per heavy atom. The molecule has 0 radical (unpaired) electrons. The summed E-state index contributed by atoms with van der Waals surface area (Å²) in [7, 11) is 4.17. The molecule has 1 rings (SSSR count). The van der Waals surface area contributed by atoms with Crippen LogP contribution in [0.25, 0.3) is 0 Å². The SMILES string of the molecule is CCNC(=NCc1ccc(CN(C)C)cc1)NCCC(OCC)C(C)C.I. The molecule has 1 unspecified atom stereocenters. The van der Waals surface area contributed by atoms with Gasteiger partial charge in [-0.3, -0.25) is 0 Å². The molecule has 6 heteroatoms. The van der Waals surface area contributed by atoms with E-state index in [1.54, 1.807) is 0 Å². The molecule has 0 saturated carbocycles. The minimum Gasteiger partial charge on any atom is -0.378 e. The van der Waals surface area contributed by atoms with Crippen LogP contribution in [0.2, 0.25) is 0 Å². The van der Waals surface area contributed by atoms with Crippen LogP contribution in [-0.4, -0.2) is 50.8 Å². The number of hydrogen-bond donors (Lipinski definition) is 2. The second-order valence-electron chi connectivity index (χ2n) is 7.20. The van der Waals surface area contributed by atoms with Gasteiger partial charge in [0, 0.05) is 26.2 Å². The maximum absolute atomic E-state index is 5.81. The lowest BCUT2D eigenvalue weighted by molar-refractivity contribution is 0.0258. The quantitative estimate of drug-likeness (QED) is 0.281. The van der Waals surface area contributed by atoms with Crippen molar-refractivity contribution in [1.82, 2.24) is 15.5 Å². The van der Waals surface area contributed by atoms with Crippen LogP contribution in [0.4, 0.5) is 0 Å². The van der Waals surface area contributed by atoms with Crippen molar-refractivity contribution in [2.45, 2.75) is 53.3 Å². The van der Waals surface area contributed by atoms with Crippen molar-refractivity contribution in [3.05, 3.63) is 35.4 Å². The van der Waals surface area contributed by atoms with Crippen LogP contribution in [-0.2, 0) is 17.8 Å². The lowest BCUT2D eigenvalue weighted by atomic mass is 10.0. The molecule has 0 aliphatic carbocycles. The van der Waals surface area contributed by atoms with Crippen LogP contribution in [0.1, 0.15) is 45.2 Å². The first-order chi connectivity index (χ1) is 12.5. The summed E-state index contributed by atoms with van der Waals surface area (Å²) in [5, 5.41) is 6.74. The maximum Gasteiger partial charge on any atom is 0.191 e. The zero-order chi connectivity index (χ0) is 19.4. The number of rotatable bonds is 11. The third kappa shape index (κ3) is 11.5. The summed E-state index contributed by atoms with van der Waals surface area (Å²) in [6.07, 6.45) is 1.27. The summed E-state index contributed by atoms with van der Waals surface area (Å²) in [4.78, 5) is 6.88. The molecule has 0 aliphatic heterocycles. The molecule has 156 valence electrons. The summed E-state index contributed by atoms with van der Waals surface area (Å²) in [6, 6.07) is 8.69. The molecule has 1 atom stereocenters.